The number of carbonyl (C=O) groups excluding carboxylic acids is 1. The summed E-state index contributed by atoms with van der Waals surface area (Å²) in [5.41, 5.74) is 0.0791. The van der Waals surface area contributed by atoms with Crippen LogP contribution in [-0.2, 0) is 4.79 Å². The van der Waals surface area contributed by atoms with Crippen LogP contribution in [0.25, 0.3) is 0 Å². The molecule has 5 saturated carbocycles. The van der Waals surface area contributed by atoms with Crippen LogP contribution in [-0.4, -0.2) is 22.4 Å². The third-order valence-corrected chi connectivity index (χ3v) is 8.08. The quantitative estimate of drug-likeness (QED) is 0.611. The van der Waals surface area contributed by atoms with Gasteiger partial charge in [-0.15, -0.1) is 0 Å². The molecule has 5 aliphatic carbocycles. The van der Waals surface area contributed by atoms with Crippen LogP contribution in [0.5, 0.6) is 0 Å². The Kier molecular flexibility index (Phi) is 4.45. The van der Waals surface area contributed by atoms with Crippen LogP contribution in [0.4, 0.5) is 13.2 Å². The lowest BCUT2D eigenvalue weighted by Crippen LogP contribution is -2.54. The molecule has 4 atom stereocenters. The van der Waals surface area contributed by atoms with Gasteiger partial charge in [0.25, 0.3) is 0 Å². The molecule has 5 fully saturated rings. The number of rotatable bonds is 3. The van der Waals surface area contributed by atoms with Crippen molar-refractivity contribution in [3.05, 3.63) is 0 Å². The fourth-order valence-electron chi connectivity index (χ4n) is 6.78. The zero-order valence-electron chi connectivity index (χ0n) is 14.5. The van der Waals surface area contributed by atoms with E-state index in [2.05, 4.69) is 21.2 Å². The molecule has 6 heteroatoms. The van der Waals surface area contributed by atoms with Crippen molar-refractivity contribution in [3.63, 3.8) is 0 Å². The Morgan fingerprint density at radius 3 is 2.36 bits per heavy atom. The molecule has 0 heterocycles. The van der Waals surface area contributed by atoms with Gasteiger partial charge in [-0.05, 0) is 75.0 Å². The van der Waals surface area contributed by atoms with Crippen molar-refractivity contribution in [1.29, 1.82) is 0 Å². The minimum Gasteiger partial charge on any atom is -0.353 e. The molecule has 0 aromatic heterocycles. The smallest absolute Gasteiger partial charge is 0.353 e. The van der Waals surface area contributed by atoms with E-state index in [9.17, 15) is 18.0 Å². The predicted molar refractivity (Wildman–Crippen MR) is 93.3 cm³/mol. The first-order chi connectivity index (χ1) is 11.6. The van der Waals surface area contributed by atoms with Crippen LogP contribution in [0.3, 0.4) is 0 Å². The molecule has 0 radical (unpaired) electrons. The van der Waals surface area contributed by atoms with E-state index in [1.54, 1.807) is 0 Å². The molecule has 0 saturated heterocycles. The van der Waals surface area contributed by atoms with Gasteiger partial charge in [0.05, 0.1) is 5.92 Å². The van der Waals surface area contributed by atoms with Gasteiger partial charge < -0.3 is 5.32 Å². The van der Waals surface area contributed by atoms with Crippen molar-refractivity contribution < 1.29 is 18.0 Å². The first-order valence-electron chi connectivity index (χ1n) is 9.70. The van der Waals surface area contributed by atoms with Gasteiger partial charge >= 0.3 is 6.18 Å². The van der Waals surface area contributed by atoms with Crippen molar-refractivity contribution in [2.45, 2.75) is 87.2 Å². The van der Waals surface area contributed by atoms with Gasteiger partial charge in [0, 0.05) is 16.8 Å². The highest BCUT2D eigenvalue weighted by Gasteiger charge is 2.57. The molecule has 0 unspecified atom stereocenters. The highest BCUT2D eigenvalue weighted by molar-refractivity contribution is 9.10. The largest absolute Gasteiger partial charge is 0.391 e. The Balaban J connectivity index is 1.36. The average Bonchev–Trinajstić information content (AvgIpc) is 2.42. The minimum absolute atomic E-state index is 0.0223. The zero-order chi connectivity index (χ0) is 17.9. The number of hydrogen-bond donors (Lipinski definition) is 1. The fourth-order valence-corrected chi connectivity index (χ4v) is 8.29. The van der Waals surface area contributed by atoms with Crippen molar-refractivity contribution in [2.24, 2.45) is 23.2 Å². The molecule has 0 aromatic carbocycles. The second kappa shape index (κ2) is 6.13. The van der Waals surface area contributed by atoms with Crippen molar-refractivity contribution >= 4 is 21.8 Å². The number of hydrogen-bond acceptors (Lipinski definition) is 1. The maximum absolute atomic E-state index is 13.0. The Morgan fingerprint density at radius 1 is 1.08 bits per heavy atom. The van der Waals surface area contributed by atoms with E-state index in [1.807, 2.05) is 0 Å². The summed E-state index contributed by atoms with van der Waals surface area (Å²) in [6, 6.07) is -0.306. The Hall–Kier alpha value is -0.260. The standard InChI is InChI=1S/C19H27BrF3NO/c20-18-8-12-4-13(9-18)7-17(6-12,11-18)10-16(25)24-15-3-1-2-14(5-15)19(21,22)23/h12-15H,1-11H2,(H,24,25)/t12-,13-,14-,15-,17?,18?/m1/s1. The first-order valence-corrected chi connectivity index (χ1v) is 10.5. The SMILES string of the molecule is O=C(CC12C[C@H]3C[C@@H](CC(Br)(C3)C1)C2)N[C@@H]1CCC[C@@H](C(F)(F)F)C1. The van der Waals surface area contributed by atoms with Crippen molar-refractivity contribution in [3.8, 4) is 0 Å². The summed E-state index contributed by atoms with van der Waals surface area (Å²) in [4.78, 5) is 12.6. The average molecular weight is 422 g/mol. The van der Waals surface area contributed by atoms with Gasteiger partial charge in [0.15, 0.2) is 0 Å². The number of halogens is 4. The van der Waals surface area contributed by atoms with E-state index >= 15 is 0 Å². The topological polar surface area (TPSA) is 29.1 Å². The third-order valence-electron chi connectivity index (χ3n) is 7.15. The highest BCUT2D eigenvalue weighted by atomic mass is 79.9. The highest BCUT2D eigenvalue weighted by Crippen LogP contribution is 2.65. The summed E-state index contributed by atoms with van der Waals surface area (Å²) in [5.74, 6) is 0.165. The van der Waals surface area contributed by atoms with Crippen LogP contribution in [0.2, 0.25) is 0 Å². The molecule has 1 amide bonds. The monoisotopic (exact) mass is 421 g/mol. The zero-order valence-corrected chi connectivity index (χ0v) is 16.1. The number of carbonyl (C=O) groups is 1. The maximum atomic E-state index is 13.0. The lowest BCUT2D eigenvalue weighted by Gasteiger charge is -2.60. The van der Waals surface area contributed by atoms with Crippen LogP contribution < -0.4 is 5.32 Å². The second-order valence-corrected chi connectivity index (χ2v) is 11.1. The van der Waals surface area contributed by atoms with Gasteiger partial charge in [-0.2, -0.15) is 13.2 Å². The molecule has 5 aliphatic rings. The number of nitrogens with one attached hydrogen (secondary N) is 1. The van der Waals surface area contributed by atoms with Gasteiger partial charge in [0.1, 0.15) is 0 Å². The molecule has 0 aromatic rings. The fraction of sp³-hybridized carbons (Fsp3) is 0.947. The van der Waals surface area contributed by atoms with Crippen LogP contribution >= 0.6 is 15.9 Å². The Bertz CT molecular complexity index is 535. The first kappa shape index (κ1) is 18.1. The molecule has 1 N–H and O–H groups in total. The van der Waals surface area contributed by atoms with Crippen molar-refractivity contribution in [1.82, 2.24) is 5.32 Å². The summed E-state index contributed by atoms with van der Waals surface area (Å²) < 4.78 is 39.1. The maximum Gasteiger partial charge on any atom is 0.391 e. The minimum atomic E-state index is -4.13. The van der Waals surface area contributed by atoms with E-state index in [0.29, 0.717) is 19.3 Å². The predicted octanol–water partition coefficient (Wildman–Crippen LogP) is 5.35. The second-order valence-electron chi connectivity index (χ2n) is 9.46. The van der Waals surface area contributed by atoms with Crippen LogP contribution in [0.15, 0.2) is 0 Å². The normalized spacial score (nSPS) is 46.2. The van der Waals surface area contributed by atoms with E-state index < -0.39 is 12.1 Å². The van der Waals surface area contributed by atoms with Gasteiger partial charge in [0.2, 0.25) is 5.91 Å². The van der Waals surface area contributed by atoms with Gasteiger partial charge in [-0.25, -0.2) is 0 Å². The van der Waals surface area contributed by atoms with E-state index in [4.69, 9.17) is 0 Å². The molecule has 25 heavy (non-hydrogen) atoms. The molecular formula is C19H27BrF3NO. The van der Waals surface area contributed by atoms with Gasteiger partial charge in [-0.1, -0.05) is 22.4 Å². The van der Waals surface area contributed by atoms with E-state index in [-0.39, 0.29) is 34.5 Å². The molecule has 0 aliphatic heterocycles. The summed E-state index contributed by atoms with van der Waals surface area (Å²) in [6.45, 7) is 0. The molecule has 2 nitrogen and oxygen atoms in total. The Morgan fingerprint density at radius 2 is 1.76 bits per heavy atom. The summed E-state index contributed by atoms with van der Waals surface area (Å²) >= 11 is 3.95. The lowest BCUT2D eigenvalue weighted by atomic mass is 9.48. The molecule has 4 bridgehead atoms. The Labute approximate surface area is 155 Å². The summed E-state index contributed by atoms with van der Waals surface area (Å²) in [5, 5.41) is 2.95. The van der Waals surface area contributed by atoms with Crippen LogP contribution in [0, 0.1) is 23.2 Å². The molecule has 142 valence electrons. The lowest BCUT2D eigenvalue weighted by molar-refractivity contribution is -0.184. The summed E-state index contributed by atoms with van der Waals surface area (Å²) in [6.07, 6.45) is 4.90. The molecule has 5 rings (SSSR count). The summed E-state index contributed by atoms with van der Waals surface area (Å²) in [7, 11) is 0. The number of amides is 1. The van der Waals surface area contributed by atoms with Gasteiger partial charge in [-0.3, -0.25) is 4.79 Å². The number of alkyl halides is 4. The van der Waals surface area contributed by atoms with Crippen LogP contribution in [0.1, 0.15) is 70.6 Å². The third kappa shape index (κ3) is 3.74. The molecule has 0 spiro atoms. The van der Waals surface area contributed by atoms with E-state index in [0.717, 1.165) is 31.1 Å². The van der Waals surface area contributed by atoms with E-state index in [1.165, 1.54) is 19.3 Å². The van der Waals surface area contributed by atoms with Crippen molar-refractivity contribution in [2.75, 3.05) is 0 Å². The molecular weight excluding hydrogens is 395 g/mol.